The molecule has 2 aliphatic heterocycles. The second-order valence-corrected chi connectivity index (χ2v) is 9.65. The van der Waals surface area contributed by atoms with E-state index in [1.165, 1.54) is 16.0 Å². The van der Waals surface area contributed by atoms with E-state index in [0.717, 1.165) is 51.6 Å². The fourth-order valence-corrected chi connectivity index (χ4v) is 6.01. The summed E-state index contributed by atoms with van der Waals surface area (Å²) in [4.78, 5) is 41.0. The van der Waals surface area contributed by atoms with Gasteiger partial charge in [-0.3, -0.25) is 19.4 Å². The van der Waals surface area contributed by atoms with Crippen molar-refractivity contribution in [1.29, 1.82) is 0 Å². The Labute approximate surface area is 206 Å². The Kier molecular flexibility index (Phi) is 6.86. The number of nitrogens with zero attached hydrogens (tertiary/aromatic N) is 2. The van der Waals surface area contributed by atoms with Crippen LogP contribution >= 0.6 is 0 Å². The summed E-state index contributed by atoms with van der Waals surface area (Å²) in [7, 11) is 0. The van der Waals surface area contributed by atoms with Crippen molar-refractivity contribution in [3.8, 4) is 5.75 Å². The van der Waals surface area contributed by atoms with E-state index in [2.05, 4.69) is 16.3 Å². The first-order valence-electron chi connectivity index (χ1n) is 12.8. The van der Waals surface area contributed by atoms with Gasteiger partial charge >= 0.3 is 6.09 Å². The van der Waals surface area contributed by atoms with Gasteiger partial charge in [0.15, 0.2) is 0 Å². The number of nitrogens with one attached hydrogen (secondary N) is 1. The fourth-order valence-electron chi connectivity index (χ4n) is 6.01. The van der Waals surface area contributed by atoms with Crippen LogP contribution in [0.4, 0.5) is 4.79 Å². The monoisotopic (exact) mass is 475 g/mol. The van der Waals surface area contributed by atoms with E-state index in [1.54, 1.807) is 24.3 Å². The molecule has 2 atom stereocenters. The molecule has 1 N–H and O–H groups in total. The number of rotatable bonds is 8. The number of fused-ring (bicyclic) bond motifs is 4. The number of amides is 3. The number of carbonyl (C=O) groups is 3. The molecule has 7 heteroatoms. The second kappa shape index (κ2) is 10.2. The van der Waals surface area contributed by atoms with Gasteiger partial charge in [0.2, 0.25) is 0 Å². The number of imide groups is 1. The summed E-state index contributed by atoms with van der Waals surface area (Å²) < 4.78 is 5.58. The van der Waals surface area contributed by atoms with Gasteiger partial charge in [0.05, 0.1) is 11.1 Å². The Morgan fingerprint density at radius 3 is 2.46 bits per heavy atom. The summed E-state index contributed by atoms with van der Waals surface area (Å²) >= 11 is 0. The van der Waals surface area contributed by atoms with Gasteiger partial charge in [0.1, 0.15) is 5.75 Å². The molecule has 5 rings (SSSR count). The number of unbranched alkanes of at least 4 members (excludes halogenated alkanes) is 2. The highest BCUT2D eigenvalue weighted by atomic mass is 16.6. The molecule has 0 spiro atoms. The van der Waals surface area contributed by atoms with Crippen LogP contribution in [0.2, 0.25) is 0 Å². The third-order valence-corrected chi connectivity index (χ3v) is 7.65. The minimum absolute atomic E-state index is 0.163. The third-order valence-electron chi connectivity index (χ3n) is 7.65. The molecule has 0 bridgehead atoms. The zero-order valence-electron chi connectivity index (χ0n) is 20.3. The van der Waals surface area contributed by atoms with Gasteiger partial charge in [-0.2, -0.15) is 0 Å². The lowest BCUT2D eigenvalue weighted by Gasteiger charge is -2.34. The number of hydrogen-bond acceptors (Lipinski definition) is 5. The molecule has 0 radical (unpaired) electrons. The van der Waals surface area contributed by atoms with Gasteiger partial charge in [0.25, 0.3) is 11.8 Å². The van der Waals surface area contributed by atoms with Crippen LogP contribution in [0.1, 0.15) is 76.8 Å². The standard InChI is InChI=1S/C28H33N3O4/c1-2-29-28(34)35-25-12-8-11-19-20-15-18-30(24(20)14-13-21(19)25)16-6-3-7-17-31-26(32)22-9-4-5-10-23(22)27(31)33/h4-5,8-12,20,24H,2-3,6-7,13-18H2,1H3,(H,29,34)/t20-,24+/m0/s1. The van der Waals surface area contributed by atoms with Crippen LogP contribution in [0.5, 0.6) is 5.75 Å². The first-order valence-corrected chi connectivity index (χ1v) is 12.8. The summed E-state index contributed by atoms with van der Waals surface area (Å²) in [5, 5.41) is 2.71. The number of ether oxygens (including phenoxy) is 1. The van der Waals surface area contributed by atoms with Crippen molar-refractivity contribution in [1.82, 2.24) is 15.1 Å². The average molecular weight is 476 g/mol. The lowest BCUT2D eigenvalue weighted by molar-refractivity contribution is 0.0651. The molecule has 3 amide bonds. The summed E-state index contributed by atoms with van der Waals surface area (Å²) in [6.07, 6.45) is 5.60. The van der Waals surface area contributed by atoms with Crippen LogP contribution in [0.25, 0.3) is 0 Å². The van der Waals surface area contributed by atoms with Gasteiger partial charge in [-0.05, 0) is 81.4 Å². The van der Waals surface area contributed by atoms with Crippen molar-refractivity contribution < 1.29 is 19.1 Å². The lowest BCUT2D eigenvalue weighted by Crippen LogP contribution is -2.36. The van der Waals surface area contributed by atoms with Gasteiger partial charge < -0.3 is 10.1 Å². The summed E-state index contributed by atoms with van der Waals surface area (Å²) in [5.41, 5.74) is 3.56. The van der Waals surface area contributed by atoms with Crippen molar-refractivity contribution in [3.63, 3.8) is 0 Å². The zero-order chi connectivity index (χ0) is 24.4. The molecule has 0 unspecified atom stereocenters. The number of benzene rings is 2. The summed E-state index contributed by atoms with van der Waals surface area (Å²) in [5.74, 6) is 0.849. The maximum absolute atomic E-state index is 12.5. The molecule has 1 saturated heterocycles. The zero-order valence-corrected chi connectivity index (χ0v) is 20.3. The van der Waals surface area contributed by atoms with E-state index >= 15 is 0 Å². The molecule has 35 heavy (non-hydrogen) atoms. The molecule has 2 heterocycles. The molecular formula is C28H33N3O4. The van der Waals surface area contributed by atoms with Crippen molar-refractivity contribution in [3.05, 3.63) is 64.7 Å². The molecular weight excluding hydrogens is 442 g/mol. The predicted molar refractivity (Wildman–Crippen MR) is 133 cm³/mol. The van der Waals surface area contributed by atoms with Crippen LogP contribution in [0, 0.1) is 0 Å². The SMILES string of the molecule is CCNC(=O)Oc1cccc2c1CC[C@@H]1[C@H]2CCN1CCCCCN1C(=O)c2ccccc2C1=O. The van der Waals surface area contributed by atoms with Crippen molar-refractivity contribution in [2.75, 3.05) is 26.2 Å². The molecule has 184 valence electrons. The van der Waals surface area contributed by atoms with Gasteiger partial charge in [-0.15, -0.1) is 0 Å². The minimum Gasteiger partial charge on any atom is -0.410 e. The molecule has 0 aromatic heterocycles. The largest absolute Gasteiger partial charge is 0.412 e. The lowest BCUT2D eigenvalue weighted by atomic mass is 9.79. The Morgan fingerprint density at radius 1 is 0.971 bits per heavy atom. The third kappa shape index (κ3) is 4.57. The Balaban J connectivity index is 1.11. The molecule has 3 aliphatic rings. The summed E-state index contributed by atoms with van der Waals surface area (Å²) in [6, 6.07) is 13.7. The van der Waals surface area contributed by atoms with E-state index in [9.17, 15) is 14.4 Å². The van der Waals surface area contributed by atoms with Crippen LogP contribution < -0.4 is 10.1 Å². The molecule has 1 fully saturated rings. The van der Waals surface area contributed by atoms with E-state index in [-0.39, 0.29) is 11.8 Å². The van der Waals surface area contributed by atoms with Crippen LogP contribution in [0.3, 0.4) is 0 Å². The first kappa shape index (κ1) is 23.5. The van der Waals surface area contributed by atoms with Crippen LogP contribution in [0.15, 0.2) is 42.5 Å². The fraction of sp³-hybridized carbons (Fsp3) is 0.464. The number of hydrogen-bond donors (Lipinski definition) is 1. The van der Waals surface area contributed by atoms with Gasteiger partial charge in [0, 0.05) is 25.0 Å². The van der Waals surface area contributed by atoms with Crippen molar-refractivity contribution in [2.45, 2.75) is 57.4 Å². The van der Waals surface area contributed by atoms with Crippen LogP contribution in [-0.4, -0.2) is 59.9 Å². The molecule has 2 aromatic carbocycles. The van der Waals surface area contributed by atoms with Crippen molar-refractivity contribution >= 4 is 17.9 Å². The van der Waals surface area contributed by atoms with E-state index in [4.69, 9.17) is 4.74 Å². The average Bonchev–Trinajstić information content (AvgIpc) is 3.39. The van der Waals surface area contributed by atoms with Gasteiger partial charge in [-0.1, -0.05) is 30.7 Å². The molecule has 7 nitrogen and oxygen atoms in total. The molecule has 1 aliphatic carbocycles. The Hall–Kier alpha value is -3.19. The molecule has 2 aromatic rings. The summed E-state index contributed by atoms with van der Waals surface area (Å²) in [6.45, 7) is 5.03. The minimum atomic E-state index is -0.391. The smallest absolute Gasteiger partial charge is 0.410 e. The number of carbonyl (C=O) groups excluding carboxylic acids is 3. The van der Waals surface area contributed by atoms with E-state index in [0.29, 0.717) is 41.9 Å². The Morgan fingerprint density at radius 2 is 1.71 bits per heavy atom. The highest BCUT2D eigenvalue weighted by molar-refractivity contribution is 6.21. The normalized spacial score (nSPS) is 21.0. The quantitative estimate of drug-likeness (QED) is 0.453. The highest BCUT2D eigenvalue weighted by Gasteiger charge is 2.39. The van der Waals surface area contributed by atoms with Gasteiger partial charge in [-0.25, -0.2) is 4.79 Å². The second-order valence-electron chi connectivity index (χ2n) is 9.65. The Bertz CT molecular complexity index is 1100. The maximum atomic E-state index is 12.5. The van der Waals surface area contributed by atoms with Crippen LogP contribution in [-0.2, 0) is 6.42 Å². The molecule has 0 saturated carbocycles. The predicted octanol–water partition coefficient (Wildman–Crippen LogP) is 4.37. The highest BCUT2D eigenvalue weighted by Crippen LogP contribution is 2.44. The number of likely N-dealkylation sites (tertiary alicyclic amines) is 1. The van der Waals surface area contributed by atoms with Crippen molar-refractivity contribution in [2.24, 2.45) is 0 Å². The maximum Gasteiger partial charge on any atom is 0.412 e. The van der Waals surface area contributed by atoms with E-state index in [1.807, 2.05) is 19.1 Å². The first-order chi connectivity index (χ1) is 17.1. The topological polar surface area (TPSA) is 79.0 Å². The van der Waals surface area contributed by atoms with E-state index < -0.39 is 6.09 Å².